The number of nitrogens with one attached hydrogen (secondary N) is 1. The van der Waals surface area contributed by atoms with E-state index >= 15 is 0 Å². The van der Waals surface area contributed by atoms with E-state index in [9.17, 15) is 0 Å². The third-order valence-electron chi connectivity index (χ3n) is 1.84. The lowest BCUT2D eigenvalue weighted by molar-refractivity contribution is 0.457. The Hall–Kier alpha value is -1.84. The van der Waals surface area contributed by atoms with Gasteiger partial charge in [0.15, 0.2) is 0 Å². The Bertz CT molecular complexity index is 422. The number of nitrogens with zero attached hydrogens (tertiary/aromatic N) is 2. The van der Waals surface area contributed by atoms with Crippen LogP contribution in [0.15, 0.2) is 24.7 Å². The van der Waals surface area contributed by atoms with E-state index in [-0.39, 0.29) is 5.88 Å². The Morgan fingerprint density at radius 2 is 2.23 bits per heavy atom. The number of H-pyrrole nitrogens is 1. The normalized spacial score (nSPS) is 10.2. The number of aromatic hydroxyl groups is 1. The maximum Gasteiger partial charge on any atom is 0.208 e. The van der Waals surface area contributed by atoms with Crippen LogP contribution in [0.4, 0.5) is 0 Å². The Morgan fingerprint density at radius 1 is 1.38 bits per heavy atom. The SMILES string of the molecule is Cc1cnccc1-c1ncc(O)[nH]1. The summed E-state index contributed by atoms with van der Waals surface area (Å²) >= 11 is 0. The summed E-state index contributed by atoms with van der Waals surface area (Å²) in [6, 6.07) is 1.85. The van der Waals surface area contributed by atoms with Gasteiger partial charge in [0, 0.05) is 18.0 Å². The summed E-state index contributed by atoms with van der Waals surface area (Å²) in [7, 11) is 0. The van der Waals surface area contributed by atoms with Gasteiger partial charge in [-0.05, 0) is 18.6 Å². The molecule has 0 saturated carbocycles. The molecule has 0 aliphatic carbocycles. The molecule has 66 valence electrons. The third kappa shape index (κ3) is 1.38. The molecule has 0 aromatic carbocycles. The van der Waals surface area contributed by atoms with Gasteiger partial charge in [-0.2, -0.15) is 0 Å². The van der Waals surface area contributed by atoms with E-state index < -0.39 is 0 Å². The van der Waals surface area contributed by atoms with Crippen LogP contribution in [-0.2, 0) is 0 Å². The molecular formula is C9H9N3O. The highest BCUT2D eigenvalue weighted by Gasteiger charge is 2.04. The number of pyridine rings is 1. The molecule has 0 amide bonds. The average Bonchev–Trinajstić information content (AvgIpc) is 2.53. The lowest BCUT2D eigenvalue weighted by Gasteiger charge is -1.99. The maximum atomic E-state index is 9.07. The van der Waals surface area contributed by atoms with Gasteiger partial charge >= 0.3 is 0 Å². The fourth-order valence-corrected chi connectivity index (χ4v) is 1.19. The first-order valence-electron chi connectivity index (χ1n) is 3.92. The molecule has 2 aromatic heterocycles. The summed E-state index contributed by atoms with van der Waals surface area (Å²) in [5, 5.41) is 9.07. The van der Waals surface area contributed by atoms with Crippen molar-refractivity contribution in [2.24, 2.45) is 0 Å². The first-order valence-corrected chi connectivity index (χ1v) is 3.92. The molecule has 0 spiro atoms. The van der Waals surface area contributed by atoms with Crippen molar-refractivity contribution in [1.82, 2.24) is 15.0 Å². The van der Waals surface area contributed by atoms with E-state index in [1.165, 1.54) is 6.20 Å². The quantitative estimate of drug-likeness (QED) is 0.690. The summed E-state index contributed by atoms with van der Waals surface area (Å²) in [5.74, 6) is 0.739. The van der Waals surface area contributed by atoms with Gasteiger partial charge in [0.2, 0.25) is 5.88 Å². The summed E-state index contributed by atoms with van der Waals surface area (Å²) in [6.07, 6.45) is 4.84. The number of aromatic amines is 1. The van der Waals surface area contributed by atoms with E-state index in [2.05, 4.69) is 15.0 Å². The van der Waals surface area contributed by atoms with Crippen LogP contribution in [0.5, 0.6) is 5.88 Å². The van der Waals surface area contributed by atoms with E-state index in [0.29, 0.717) is 5.82 Å². The van der Waals surface area contributed by atoms with Gasteiger partial charge in [-0.3, -0.25) is 4.98 Å². The van der Waals surface area contributed by atoms with Crippen LogP contribution in [0.3, 0.4) is 0 Å². The second-order valence-electron chi connectivity index (χ2n) is 2.81. The number of hydrogen-bond donors (Lipinski definition) is 2. The number of aromatic nitrogens is 3. The standard InChI is InChI=1S/C9H9N3O/c1-6-4-10-3-2-7(6)9-11-5-8(13)12-9/h2-5,13H,1H3,(H,11,12). The largest absolute Gasteiger partial charge is 0.493 e. The van der Waals surface area contributed by atoms with Crippen LogP contribution in [0.25, 0.3) is 11.4 Å². The van der Waals surface area contributed by atoms with Gasteiger partial charge in [-0.15, -0.1) is 0 Å². The zero-order valence-electron chi connectivity index (χ0n) is 7.15. The van der Waals surface area contributed by atoms with Crippen LogP contribution < -0.4 is 0 Å². The van der Waals surface area contributed by atoms with Gasteiger partial charge < -0.3 is 10.1 Å². The van der Waals surface area contributed by atoms with Crippen LogP contribution in [-0.4, -0.2) is 20.1 Å². The van der Waals surface area contributed by atoms with Crippen molar-refractivity contribution in [3.05, 3.63) is 30.2 Å². The highest BCUT2D eigenvalue weighted by Crippen LogP contribution is 2.20. The molecule has 0 aliphatic rings. The topological polar surface area (TPSA) is 61.8 Å². The predicted molar refractivity (Wildman–Crippen MR) is 48.2 cm³/mol. The van der Waals surface area contributed by atoms with Crippen molar-refractivity contribution in [1.29, 1.82) is 0 Å². The molecule has 0 radical (unpaired) electrons. The van der Waals surface area contributed by atoms with Crippen LogP contribution in [0.1, 0.15) is 5.56 Å². The molecule has 4 heteroatoms. The summed E-state index contributed by atoms with van der Waals surface area (Å²) in [5.41, 5.74) is 1.98. The molecule has 0 saturated heterocycles. The van der Waals surface area contributed by atoms with Crippen molar-refractivity contribution in [3.8, 4) is 17.3 Å². The molecule has 2 N–H and O–H groups in total. The van der Waals surface area contributed by atoms with E-state index in [1.54, 1.807) is 12.4 Å². The fourth-order valence-electron chi connectivity index (χ4n) is 1.19. The summed E-state index contributed by atoms with van der Waals surface area (Å²) < 4.78 is 0. The van der Waals surface area contributed by atoms with Crippen molar-refractivity contribution >= 4 is 0 Å². The van der Waals surface area contributed by atoms with Gasteiger partial charge in [-0.25, -0.2) is 4.98 Å². The highest BCUT2D eigenvalue weighted by atomic mass is 16.3. The molecule has 0 atom stereocenters. The van der Waals surface area contributed by atoms with Crippen molar-refractivity contribution < 1.29 is 5.11 Å². The second-order valence-corrected chi connectivity index (χ2v) is 2.81. The van der Waals surface area contributed by atoms with E-state index in [1.807, 2.05) is 13.0 Å². The lowest BCUT2D eigenvalue weighted by atomic mass is 10.1. The third-order valence-corrected chi connectivity index (χ3v) is 1.84. The van der Waals surface area contributed by atoms with Crippen molar-refractivity contribution in [2.75, 3.05) is 0 Å². The molecular weight excluding hydrogens is 166 g/mol. The average molecular weight is 175 g/mol. The first kappa shape index (κ1) is 7.79. The molecule has 0 aliphatic heterocycles. The molecule has 0 unspecified atom stereocenters. The van der Waals surface area contributed by atoms with Crippen molar-refractivity contribution in [3.63, 3.8) is 0 Å². The Labute approximate surface area is 75.3 Å². The minimum absolute atomic E-state index is 0.0752. The summed E-state index contributed by atoms with van der Waals surface area (Å²) in [6.45, 7) is 1.95. The Kier molecular flexibility index (Phi) is 1.73. The Balaban J connectivity index is 2.52. The van der Waals surface area contributed by atoms with E-state index in [4.69, 9.17) is 5.11 Å². The van der Waals surface area contributed by atoms with Crippen LogP contribution in [0, 0.1) is 6.92 Å². The molecule has 13 heavy (non-hydrogen) atoms. The van der Waals surface area contributed by atoms with Crippen LogP contribution >= 0.6 is 0 Å². The summed E-state index contributed by atoms with van der Waals surface area (Å²) in [4.78, 5) is 10.7. The minimum atomic E-state index is 0.0752. The van der Waals surface area contributed by atoms with Gasteiger partial charge in [0.25, 0.3) is 0 Å². The molecule has 0 bridgehead atoms. The predicted octanol–water partition coefficient (Wildman–Crippen LogP) is 1.49. The lowest BCUT2D eigenvalue weighted by Crippen LogP contribution is -1.85. The number of aryl methyl sites for hydroxylation is 1. The molecule has 2 aromatic rings. The van der Waals surface area contributed by atoms with Gasteiger partial charge in [-0.1, -0.05) is 0 Å². The minimum Gasteiger partial charge on any atom is -0.493 e. The number of imidazole rings is 1. The monoisotopic (exact) mass is 175 g/mol. The zero-order chi connectivity index (χ0) is 9.26. The first-order chi connectivity index (χ1) is 6.27. The number of hydrogen-bond acceptors (Lipinski definition) is 3. The van der Waals surface area contributed by atoms with Crippen molar-refractivity contribution in [2.45, 2.75) is 6.92 Å². The number of rotatable bonds is 1. The molecule has 4 nitrogen and oxygen atoms in total. The van der Waals surface area contributed by atoms with Crippen LogP contribution in [0.2, 0.25) is 0 Å². The smallest absolute Gasteiger partial charge is 0.208 e. The fraction of sp³-hybridized carbons (Fsp3) is 0.111. The molecule has 2 rings (SSSR count). The second kappa shape index (κ2) is 2.90. The molecule has 0 fully saturated rings. The molecule has 2 heterocycles. The van der Waals surface area contributed by atoms with Gasteiger partial charge in [0.05, 0.1) is 6.20 Å². The van der Waals surface area contributed by atoms with E-state index in [0.717, 1.165) is 11.1 Å². The Morgan fingerprint density at radius 3 is 2.85 bits per heavy atom. The van der Waals surface area contributed by atoms with Gasteiger partial charge in [0.1, 0.15) is 5.82 Å². The zero-order valence-corrected chi connectivity index (χ0v) is 7.15. The highest BCUT2D eigenvalue weighted by molar-refractivity contribution is 5.59. The maximum absolute atomic E-state index is 9.07.